The monoisotopic (exact) mass is 525 g/mol. The van der Waals surface area contributed by atoms with Crippen molar-refractivity contribution in [3.05, 3.63) is 102 Å². The summed E-state index contributed by atoms with van der Waals surface area (Å²) in [5.41, 5.74) is 4.16. The summed E-state index contributed by atoms with van der Waals surface area (Å²) in [5.74, 6) is 0.372. The van der Waals surface area contributed by atoms with Crippen LogP contribution in [0.2, 0.25) is 0 Å². The SMILES string of the molecule is CC[C@H](C(=O)N(CC(=O)N(CCc1c[nH]c2ccccc12)Cc1ccccc1OC)C(C)C)c1ccccc1. The molecule has 2 amide bonds. The number of hydrogen-bond acceptors (Lipinski definition) is 3. The molecule has 0 bridgehead atoms. The molecule has 6 heteroatoms. The number of amides is 2. The van der Waals surface area contributed by atoms with Crippen LogP contribution in [0.5, 0.6) is 5.75 Å². The van der Waals surface area contributed by atoms with Gasteiger partial charge in [0.1, 0.15) is 12.3 Å². The van der Waals surface area contributed by atoms with Crippen LogP contribution in [0.3, 0.4) is 0 Å². The van der Waals surface area contributed by atoms with E-state index in [1.165, 1.54) is 0 Å². The highest BCUT2D eigenvalue weighted by molar-refractivity contribution is 5.89. The zero-order valence-corrected chi connectivity index (χ0v) is 23.4. The molecule has 0 unspecified atom stereocenters. The maximum Gasteiger partial charge on any atom is 0.242 e. The highest BCUT2D eigenvalue weighted by Crippen LogP contribution is 2.25. The van der Waals surface area contributed by atoms with Gasteiger partial charge in [0, 0.05) is 41.8 Å². The molecule has 204 valence electrons. The van der Waals surface area contributed by atoms with Crippen LogP contribution in [-0.2, 0) is 22.6 Å². The Hall–Kier alpha value is -4.06. The summed E-state index contributed by atoms with van der Waals surface area (Å²) in [6, 6.07) is 25.7. The number of carbonyl (C=O) groups excluding carboxylic acids is 2. The van der Waals surface area contributed by atoms with Crippen molar-refractivity contribution in [3.63, 3.8) is 0 Å². The van der Waals surface area contributed by atoms with Crippen LogP contribution in [-0.4, -0.2) is 52.8 Å². The van der Waals surface area contributed by atoms with Crippen LogP contribution < -0.4 is 4.74 Å². The fourth-order valence-corrected chi connectivity index (χ4v) is 5.12. The van der Waals surface area contributed by atoms with Crippen molar-refractivity contribution in [3.8, 4) is 5.75 Å². The number of ether oxygens (including phenoxy) is 1. The lowest BCUT2D eigenvalue weighted by Crippen LogP contribution is -2.47. The molecular formula is C33H39N3O3. The van der Waals surface area contributed by atoms with E-state index in [-0.39, 0.29) is 30.3 Å². The highest BCUT2D eigenvalue weighted by Gasteiger charge is 2.29. The van der Waals surface area contributed by atoms with Crippen LogP contribution in [0.15, 0.2) is 85.1 Å². The number of aromatic nitrogens is 1. The number of methoxy groups -OCH3 is 1. The number of carbonyl (C=O) groups is 2. The predicted molar refractivity (Wildman–Crippen MR) is 157 cm³/mol. The van der Waals surface area contributed by atoms with Crippen molar-refractivity contribution < 1.29 is 14.3 Å². The molecule has 6 nitrogen and oxygen atoms in total. The molecule has 1 heterocycles. The number of nitrogens with zero attached hydrogens (tertiary/aromatic N) is 2. The van der Waals surface area contributed by atoms with Gasteiger partial charge < -0.3 is 19.5 Å². The summed E-state index contributed by atoms with van der Waals surface area (Å²) in [6.45, 7) is 6.92. The van der Waals surface area contributed by atoms with Gasteiger partial charge >= 0.3 is 0 Å². The van der Waals surface area contributed by atoms with Crippen molar-refractivity contribution in [2.75, 3.05) is 20.2 Å². The topological polar surface area (TPSA) is 65.6 Å². The molecule has 0 saturated carbocycles. The Morgan fingerprint density at radius 1 is 0.897 bits per heavy atom. The Kier molecular flexibility index (Phi) is 9.42. The van der Waals surface area contributed by atoms with Gasteiger partial charge in [-0.05, 0) is 49.9 Å². The molecule has 0 aliphatic heterocycles. The molecule has 1 N–H and O–H groups in total. The minimum absolute atomic E-state index is 0.0130. The third-order valence-corrected chi connectivity index (χ3v) is 7.35. The number of aromatic amines is 1. The summed E-state index contributed by atoms with van der Waals surface area (Å²) in [7, 11) is 1.64. The van der Waals surface area contributed by atoms with Crippen LogP contribution in [0.1, 0.15) is 49.8 Å². The first-order valence-electron chi connectivity index (χ1n) is 13.7. The predicted octanol–water partition coefficient (Wildman–Crippen LogP) is 6.18. The molecule has 39 heavy (non-hydrogen) atoms. The highest BCUT2D eigenvalue weighted by atomic mass is 16.5. The summed E-state index contributed by atoms with van der Waals surface area (Å²) in [6.07, 6.45) is 3.39. The fourth-order valence-electron chi connectivity index (χ4n) is 5.12. The van der Waals surface area contributed by atoms with Crippen molar-refractivity contribution in [1.29, 1.82) is 0 Å². The van der Waals surface area contributed by atoms with Gasteiger partial charge in [-0.15, -0.1) is 0 Å². The van der Waals surface area contributed by atoms with E-state index in [0.29, 0.717) is 25.9 Å². The molecule has 1 atom stereocenters. The Morgan fingerprint density at radius 2 is 1.59 bits per heavy atom. The third-order valence-electron chi connectivity index (χ3n) is 7.35. The summed E-state index contributed by atoms with van der Waals surface area (Å²) in [5, 5.41) is 1.16. The number of hydrogen-bond donors (Lipinski definition) is 1. The minimum Gasteiger partial charge on any atom is -0.496 e. The first-order valence-corrected chi connectivity index (χ1v) is 13.7. The number of rotatable bonds is 12. The van der Waals surface area contributed by atoms with Crippen molar-refractivity contribution >= 4 is 22.7 Å². The molecule has 0 fully saturated rings. The first-order chi connectivity index (χ1) is 18.9. The average molecular weight is 526 g/mol. The van der Waals surface area contributed by atoms with E-state index in [9.17, 15) is 9.59 Å². The second-order valence-corrected chi connectivity index (χ2v) is 10.2. The van der Waals surface area contributed by atoms with Gasteiger partial charge in [-0.2, -0.15) is 0 Å². The molecule has 0 spiro atoms. The number of fused-ring (bicyclic) bond motifs is 1. The summed E-state index contributed by atoms with van der Waals surface area (Å²) in [4.78, 5) is 34.6. The standard InChI is InChI=1S/C33H39N3O3/c1-5-28(25-13-7-6-8-14-25)33(38)36(24(2)3)23-32(37)35(22-27-15-9-12-18-31(27)39-4)20-19-26-21-34-30-17-11-10-16-29(26)30/h6-18,21,24,28,34H,5,19-20,22-23H2,1-4H3/t28-/m0/s1. The largest absolute Gasteiger partial charge is 0.496 e. The lowest BCUT2D eigenvalue weighted by atomic mass is 9.94. The number of benzene rings is 3. The van der Waals surface area contributed by atoms with Crippen LogP contribution >= 0.6 is 0 Å². The van der Waals surface area contributed by atoms with Gasteiger partial charge in [-0.1, -0.05) is 73.7 Å². The molecule has 0 radical (unpaired) electrons. The molecule has 0 saturated heterocycles. The molecule has 1 aromatic heterocycles. The van der Waals surface area contributed by atoms with Gasteiger partial charge in [0.25, 0.3) is 0 Å². The number of H-pyrrole nitrogens is 1. The van der Waals surface area contributed by atoms with Crippen molar-refractivity contribution in [2.45, 2.75) is 52.1 Å². The lowest BCUT2D eigenvalue weighted by Gasteiger charge is -2.33. The second kappa shape index (κ2) is 13.1. The van der Waals surface area contributed by atoms with Gasteiger partial charge in [0.2, 0.25) is 11.8 Å². The smallest absolute Gasteiger partial charge is 0.242 e. The quantitative estimate of drug-likeness (QED) is 0.240. The normalized spacial score (nSPS) is 11.9. The van der Waals surface area contributed by atoms with E-state index < -0.39 is 0 Å². The van der Waals surface area contributed by atoms with E-state index >= 15 is 0 Å². The molecule has 3 aromatic carbocycles. The molecule has 0 aliphatic carbocycles. The Balaban J connectivity index is 1.57. The molecular weight excluding hydrogens is 486 g/mol. The van der Waals surface area contributed by atoms with E-state index in [0.717, 1.165) is 33.3 Å². The zero-order valence-electron chi connectivity index (χ0n) is 23.4. The third kappa shape index (κ3) is 6.69. The van der Waals surface area contributed by atoms with E-state index in [2.05, 4.69) is 17.1 Å². The number of nitrogens with one attached hydrogen (secondary N) is 1. The molecule has 0 aliphatic rings. The minimum atomic E-state index is -0.282. The van der Waals surface area contributed by atoms with Gasteiger partial charge in [0.15, 0.2) is 0 Å². The lowest BCUT2D eigenvalue weighted by molar-refractivity contribution is -0.143. The second-order valence-electron chi connectivity index (χ2n) is 10.2. The summed E-state index contributed by atoms with van der Waals surface area (Å²) >= 11 is 0. The van der Waals surface area contributed by atoms with Gasteiger partial charge in [-0.3, -0.25) is 9.59 Å². The van der Waals surface area contributed by atoms with E-state index in [1.807, 2.05) is 98.6 Å². The molecule has 4 rings (SSSR count). The van der Waals surface area contributed by atoms with Gasteiger partial charge in [-0.25, -0.2) is 0 Å². The van der Waals surface area contributed by atoms with E-state index in [4.69, 9.17) is 4.74 Å². The van der Waals surface area contributed by atoms with Crippen molar-refractivity contribution in [2.24, 2.45) is 0 Å². The average Bonchev–Trinajstić information content (AvgIpc) is 3.37. The summed E-state index contributed by atoms with van der Waals surface area (Å²) < 4.78 is 5.58. The van der Waals surface area contributed by atoms with Crippen LogP contribution in [0.4, 0.5) is 0 Å². The van der Waals surface area contributed by atoms with Crippen molar-refractivity contribution in [1.82, 2.24) is 14.8 Å². The fraction of sp³-hybridized carbons (Fsp3) is 0.333. The number of para-hydroxylation sites is 2. The van der Waals surface area contributed by atoms with Gasteiger partial charge in [0.05, 0.1) is 13.0 Å². The van der Waals surface area contributed by atoms with E-state index in [1.54, 1.807) is 12.0 Å². The first kappa shape index (κ1) is 28.0. The maximum absolute atomic E-state index is 13.9. The zero-order chi connectivity index (χ0) is 27.8. The van der Waals surface area contributed by atoms with Crippen LogP contribution in [0, 0.1) is 0 Å². The Morgan fingerprint density at radius 3 is 2.31 bits per heavy atom. The Labute approximate surface area is 231 Å². The molecule has 4 aromatic rings. The maximum atomic E-state index is 13.9. The van der Waals surface area contributed by atoms with Crippen LogP contribution in [0.25, 0.3) is 10.9 Å². The Bertz CT molecular complexity index is 1380.